The summed E-state index contributed by atoms with van der Waals surface area (Å²) in [5, 5.41) is 12.7. The SMILES string of the molecule is N=C/C(C1=CC=CCC1)=C1\NC(C2CC=CCC2)=C(c2cccc(C3=CCCC(c4cc(C5=CCCC=C5)nc(-c5ccccc5)n4)=C3)c2)C2C=CC=CC12. The number of hydrogen-bond donors (Lipinski definition) is 2. The third-order valence-electron chi connectivity index (χ3n) is 11.8. The van der Waals surface area contributed by atoms with E-state index >= 15 is 0 Å². The molecule has 2 N–H and O–H groups in total. The van der Waals surface area contributed by atoms with E-state index in [1.165, 1.54) is 50.4 Å². The number of hydrogen-bond acceptors (Lipinski definition) is 4. The second-order valence-electron chi connectivity index (χ2n) is 15.3. The molecule has 3 aromatic rings. The van der Waals surface area contributed by atoms with Crippen LogP contribution in [0.3, 0.4) is 0 Å². The largest absolute Gasteiger partial charge is 0.361 e. The monoisotopic (exact) mass is 716 g/mol. The lowest BCUT2D eigenvalue weighted by molar-refractivity contribution is 0.481. The molecule has 3 unspecified atom stereocenters. The Bertz CT molecular complexity index is 2350. The lowest BCUT2D eigenvalue weighted by Crippen LogP contribution is -2.37. The fourth-order valence-electron chi connectivity index (χ4n) is 9.03. The van der Waals surface area contributed by atoms with E-state index in [1.807, 2.05) is 6.07 Å². The zero-order valence-electron chi connectivity index (χ0n) is 31.4. The van der Waals surface area contributed by atoms with Crippen molar-refractivity contribution in [2.24, 2.45) is 17.8 Å². The van der Waals surface area contributed by atoms with E-state index < -0.39 is 0 Å². The molecule has 5 aliphatic carbocycles. The predicted octanol–water partition coefficient (Wildman–Crippen LogP) is 12.3. The molecule has 2 heterocycles. The number of fused-ring (bicyclic) bond motifs is 1. The van der Waals surface area contributed by atoms with Crippen molar-refractivity contribution in [3.63, 3.8) is 0 Å². The van der Waals surface area contributed by atoms with E-state index in [9.17, 15) is 0 Å². The average molecular weight is 717 g/mol. The first-order valence-electron chi connectivity index (χ1n) is 20.2. The molecule has 1 aromatic heterocycles. The first-order valence-corrected chi connectivity index (χ1v) is 20.2. The van der Waals surface area contributed by atoms with Crippen molar-refractivity contribution in [3.05, 3.63) is 191 Å². The fourth-order valence-corrected chi connectivity index (χ4v) is 9.03. The molecule has 3 atom stereocenters. The van der Waals surface area contributed by atoms with Crippen LogP contribution in [0, 0.1) is 23.2 Å². The average Bonchev–Trinajstić information content (AvgIpc) is 3.27. The summed E-state index contributed by atoms with van der Waals surface area (Å²) >= 11 is 0. The van der Waals surface area contributed by atoms with Crippen molar-refractivity contribution in [1.82, 2.24) is 15.3 Å². The van der Waals surface area contributed by atoms with Gasteiger partial charge in [0.25, 0.3) is 0 Å². The van der Waals surface area contributed by atoms with E-state index in [0.717, 1.165) is 86.1 Å². The lowest BCUT2D eigenvalue weighted by Gasteiger charge is -2.41. The van der Waals surface area contributed by atoms with Gasteiger partial charge < -0.3 is 10.7 Å². The van der Waals surface area contributed by atoms with Gasteiger partial charge >= 0.3 is 0 Å². The van der Waals surface area contributed by atoms with Gasteiger partial charge in [-0.1, -0.05) is 128 Å². The summed E-state index contributed by atoms with van der Waals surface area (Å²) < 4.78 is 0. The van der Waals surface area contributed by atoms with Crippen LogP contribution in [0.4, 0.5) is 0 Å². The standard InChI is InChI=1S/C51H48N4/c52-34-45(35-17-5-1-6-18-35)50-44-30-14-13-29-43(44)48(49(55-50)37-21-9-3-10-22-37)42-28-16-26-40(32-42)39-25-15-27-41(31-39)47-33-46(36-19-7-2-8-20-36)53-51(54-47)38-23-11-4-12-24-38/h1,3-5,7,9,11-14,16-17,19-20,23-26,28-34,37,43-44,52,55H,2,6,8,10,15,18,21-22,27H2/b50-45+,52-34?. The second-order valence-corrected chi connectivity index (χ2v) is 15.3. The Morgan fingerprint density at radius 2 is 1.55 bits per heavy atom. The van der Waals surface area contributed by atoms with E-state index in [0.29, 0.717) is 5.92 Å². The number of rotatable bonds is 8. The first kappa shape index (κ1) is 34.9. The Hall–Kier alpha value is -5.87. The van der Waals surface area contributed by atoms with Gasteiger partial charge in [-0.25, -0.2) is 9.97 Å². The molecule has 2 aromatic carbocycles. The molecule has 0 bridgehead atoms. The summed E-state index contributed by atoms with van der Waals surface area (Å²) in [5.74, 6) is 1.48. The minimum absolute atomic E-state index is 0.134. The molecule has 0 fully saturated rings. The normalized spacial score (nSPS) is 24.0. The van der Waals surface area contributed by atoms with E-state index in [2.05, 4.69) is 145 Å². The van der Waals surface area contributed by atoms with Gasteiger partial charge in [0.15, 0.2) is 5.82 Å². The minimum Gasteiger partial charge on any atom is -0.361 e. The summed E-state index contributed by atoms with van der Waals surface area (Å²) in [5.41, 5.74) is 15.4. The molecular weight excluding hydrogens is 669 g/mol. The summed E-state index contributed by atoms with van der Waals surface area (Å²) in [6, 6.07) is 21.8. The van der Waals surface area contributed by atoms with Crippen LogP contribution in [-0.4, -0.2) is 16.2 Å². The molecule has 0 amide bonds. The van der Waals surface area contributed by atoms with E-state index in [4.69, 9.17) is 15.4 Å². The van der Waals surface area contributed by atoms with Crippen molar-refractivity contribution in [2.45, 2.75) is 57.8 Å². The van der Waals surface area contributed by atoms with Gasteiger partial charge in [-0.3, -0.25) is 0 Å². The van der Waals surface area contributed by atoms with Crippen molar-refractivity contribution in [2.75, 3.05) is 0 Å². The molecule has 1 aliphatic heterocycles. The molecule has 0 spiro atoms. The van der Waals surface area contributed by atoms with Crippen LogP contribution in [0.25, 0.3) is 33.7 Å². The Morgan fingerprint density at radius 1 is 0.709 bits per heavy atom. The molecule has 0 saturated heterocycles. The summed E-state index contributed by atoms with van der Waals surface area (Å²) in [6.07, 6.45) is 42.7. The predicted molar refractivity (Wildman–Crippen MR) is 230 cm³/mol. The molecular formula is C51H48N4. The van der Waals surface area contributed by atoms with Crippen LogP contribution < -0.4 is 5.32 Å². The van der Waals surface area contributed by atoms with Gasteiger partial charge in [0, 0.05) is 46.5 Å². The van der Waals surface area contributed by atoms with Crippen molar-refractivity contribution < 1.29 is 0 Å². The second kappa shape index (κ2) is 15.8. The van der Waals surface area contributed by atoms with Crippen LogP contribution in [0.5, 0.6) is 0 Å². The third kappa shape index (κ3) is 7.22. The first-order chi connectivity index (χ1) is 27.2. The van der Waals surface area contributed by atoms with E-state index in [1.54, 1.807) is 6.21 Å². The molecule has 6 aliphatic rings. The van der Waals surface area contributed by atoms with Crippen LogP contribution in [0.1, 0.15) is 80.3 Å². The van der Waals surface area contributed by atoms with Gasteiger partial charge in [-0.05, 0) is 115 Å². The maximum Gasteiger partial charge on any atom is 0.160 e. The minimum atomic E-state index is 0.134. The van der Waals surface area contributed by atoms with E-state index in [-0.39, 0.29) is 11.8 Å². The van der Waals surface area contributed by atoms with Crippen LogP contribution in [0.2, 0.25) is 0 Å². The van der Waals surface area contributed by atoms with Crippen molar-refractivity contribution in [3.8, 4) is 11.4 Å². The maximum atomic E-state index is 8.62. The maximum absolute atomic E-state index is 8.62. The van der Waals surface area contributed by atoms with Gasteiger partial charge in [0.2, 0.25) is 0 Å². The highest BCUT2D eigenvalue weighted by atomic mass is 14.9. The Balaban J connectivity index is 1.13. The number of aromatic nitrogens is 2. The van der Waals surface area contributed by atoms with Crippen molar-refractivity contribution in [1.29, 1.82) is 5.41 Å². The zero-order valence-corrected chi connectivity index (χ0v) is 31.4. The van der Waals surface area contributed by atoms with Crippen LogP contribution in [0.15, 0.2) is 168 Å². The number of allylic oxidation sites excluding steroid dienone is 21. The van der Waals surface area contributed by atoms with Gasteiger partial charge in [-0.15, -0.1) is 0 Å². The Labute approximate surface area is 325 Å². The molecule has 272 valence electrons. The fraction of sp³-hybridized carbons (Fsp3) is 0.235. The molecule has 4 nitrogen and oxygen atoms in total. The number of benzene rings is 2. The van der Waals surface area contributed by atoms with Crippen LogP contribution in [-0.2, 0) is 0 Å². The molecule has 55 heavy (non-hydrogen) atoms. The quantitative estimate of drug-likeness (QED) is 0.180. The summed E-state index contributed by atoms with van der Waals surface area (Å²) in [6.45, 7) is 0. The summed E-state index contributed by atoms with van der Waals surface area (Å²) in [4.78, 5) is 10.3. The van der Waals surface area contributed by atoms with Gasteiger partial charge in [-0.2, -0.15) is 0 Å². The zero-order chi connectivity index (χ0) is 37.0. The lowest BCUT2D eigenvalue weighted by atomic mass is 9.70. The molecule has 0 radical (unpaired) electrons. The van der Waals surface area contributed by atoms with Crippen LogP contribution >= 0.6 is 0 Å². The smallest absolute Gasteiger partial charge is 0.160 e. The summed E-state index contributed by atoms with van der Waals surface area (Å²) in [7, 11) is 0. The molecule has 0 saturated carbocycles. The number of nitrogens with zero attached hydrogens (tertiary/aromatic N) is 2. The topological polar surface area (TPSA) is 61.7 Å². The highest BCUT2D eigenvalue weighted by molar-refractivity contribution is 5.89. The highest BCUT2D eigenvalue weighted by Gasteiger charge is 2.38. The number of nitrogens with one attached hydrogen (secondary N) is 2. The Morgan fingerprint density at radius 3 is 2.35 bits per heavy atom. The third-order valence-corrected chi connectivity index (χ3v) is 11.8. The Kier molecular flexibility index (Phi) is 10.0. The van der Waals surface area contributed by atoms with Gasteiger partial charge in [0.1, 0.15) is 0 Å². The molecule has 9 rings (SSSR count). The van der Waals surface area contributed by atoms with Crippen molar-refractivity contribution >= 4 is 28.5 Å². The van der Waals surface area contributed by atoms with Gasteiger partial charge in [0.05, 0.1) is 11.4 Å². The highest BCUT2D eigenvalue weighted by Crippen LogP contribution is 2.47. The molecule has 4 heteroatoms.